The molecule has 2 aliphatic heterocycles. The van der Waals surface area contributed by atoms with Gasteiger partial charge >= 0.3 is 0 Å². The van der Waals surface area contributed by atoms with Crippen molar-refractivity contribution in [3.63, 3.8) is 0 Å². The van der Waals surface area contributed by atoms with E-state index in [1.807, 2.05) is 36.4 Å². The number of aliphatic hydroxyl groups is 1. The maximum Gasteiger partial charge on any atom is 0.275 e. The van der Waals surface area contributed by atoms with Crippen LogP contribution in [0.25, 0.3) is 0 Å². The Labute approximate surface area is 149 Å². The molecule has 1 N–H and O–H groups in total. The molecule has 25 heavy (non-hydrogen) atoms. The van der Waals surface area contributed by atoms with Crippen LogP contribution in [-0.4, -0.2) is 35.7 Å². The van der Waals surface area contributed by atoms with Gasteiger partial charge < -0.3 is 9.84 Å². The third-order valence-corrected chi connectivity index (χ3v) is 5.33. The highest BCUT2D eigenvalue weighted by atomic mass is 16.5. The fraction of sp³-hybridized carbons (Fsp3) is 0.381. The molecule has 2 aromatic rings. The summed E-state index contributed by atoms with van der Waals surface area (Å²) >= 11 is 0. The largest absolute Gasteiger partial charge is 0.497 e. The highest BCUT2D eigenvalue weighted by Gasteiger charge is 2.54. The third-order valence-electron chi connectivity index (χ3n) is 5.33. The maximum atomic E-state index is 11.8. The minimum atomic E-state index is -1.04. The van der Waals surface area contributed by atoms with Gasteiger partial charge in [0.1, 0.15) is 11.4 Å². The quantitative estimate of drug-likeness (QED) is 0.873. The van der Waals surface area contributed by atoms with Crippen LogP contribution < -0.4 is 9.64 Å². The first kappa shape index (κ1) is 16.2. The number of ether oxygens (including phenoxy) is 1. The Morgan fingerprint density at radius 3 is 2.44 bits per heavy atom. The van der Waals surface area contributed by atoms with Gasteiger partial charge in [0.25, 0.3) is 11.6 Å². The number of anilines is 1. The van der Waals surface area contributed by atoms with Crippen molar-refractivity contribution in [1.82, 2.24) is 0 Å². The zero-order valence-corrected chi connectivity index (χ0v) is 14.9. The molecular formula is C21H25N2O2+. The van der Waals surface area contributed by atoms with Crippen molar-refractivity contribution < 1.29 is 14.4 Å². The second-order valence-electron chi connectivity index (χ2n) is 7.01. The van der Waals surface area contributed by atoms with E-state index in [2.05, 4.69) is 28.5 Å². The van der Waals surface area contributed by atoms with Crippen LogP contribution in [0.3, 0.4) is 0 Å². The van der Waals surface area contributed by atoms with E-state index in [9.17, 15) is 5.11 Å². The summed E-state index contributed by atoms with van der Waals surface area (Å²) in [6, 6.07) is 16.2. The van der Waals surface area contributed by atoms with Gasteiger partial charge in [0, 0.05) is 12.0 Å². The van der Waals surface area contributed by atoms with Crippen LogP contribution in [-0.2, 0) is 5.72 Å². The Morgan fingerprint density at radius 2 is 1.76 bits per heavy atom. The number of benzene rings is 2. The van der Waals surface area contributed by atoms with Crippen LogP contribution in [0.2, 0.25) is 0 Å². The lowest BCUT2D eigenvalue weighted by Crippen LogP contribution is -2.47. The molecular weight excluding hydrogens is 312 g/mol. The predicted octanol–water partition coefficient (Wildman–Crippen LogP) is 3.26. The van der Waals surface area contributed by atoms with E-state index in [-0.39, 0.29) is 0 Å². The molecule has 0 amide bonds. The summed E-state index contributed by atoms with van der Waals surface area (Å²) in [5.74, 6) is 2.05. The average Bonchev–Trinajstić information content (AvgIpc) is 2.95. The van der Waals surface area contributed by atoms with E-state index in [4.69, 9.17) is 4.74 Å². The van der Waals surface area contributed by atoms with E-state index in [0.717, 1.165) is 30.0 Å². The summed E-state index contributed by atoms with van der Waals surface area (Å²) in [6.07, 6.45) is 3.35. The minimum Gasteiger partial charge on any atom is -0.497 e. The first-order chi connectivity index (χ1) is 12.1. The topological polar surface area (TPSA) is 35.7 Å². The first-order valence-corrected chi connectivity index (χ1v) is 8.96. The SMILES string of the molecule is COc1ccc(N2C3=[N+](CCCC3)CC2(O)c2ccc(C)cc2)cc1. The van der Waals surface area contributed by atoms with Gasteiger partial charge in [-0.15, -0.1) is 0 Å². The second-order valence-corrected chi connectivity index (χ2v) is 7.01. The lowest BCUT2D eigenvalue weighted by molar-refractivity contribution is -0.538. The molecule has 4 rings (SSSR count). The molecule has 0 fully saturated rings. The third kappa shape index (κ3) is 2.71. The highest BCUT2D eigenvalue weighted by molar-refractivity contribution is 5.97. The number of hydrogen-bond acceptors (Lipinski definition) is 3. The average molecular weight is 337 g/mol. The Balaban J connectivity index is 1.81. The number of aryl methyl sites for hydroxylation is 1. The zero-order valence-electron chi connectivity index (χ0n) is 14.9. The number of amidine groups is 1. The van der Waals surface area contributed by atoms with Gasteiger partial charge in [-0.05, 0) is 44.0 Å². The van der Waals surface area contributed by atoms with Crippen molar-refractivity contribution in [2.45, 2.75) is 31.9 Å². The van der Waals surface area contributed by atoms with Crippen LogP contribution in [0, 0.1) is 6.92 Å². The van der Waals surface area contributed by atoms with E-state index >= 15 is 0 Å². The lowest BCUT2D eigenvalue weighted by Gasteiger charge is -2.29. The molecule has 1 atom stereocenters. The summed E-state index contributed by atoms with van der Waals surface area (Å²) in [5, 5.41) is 11.8. The Bertz CT molecular complexity index is 796. The molecule has 0 saturated heterocycles. The van der Waals surface area contributed by atoms with Gasteiger partial charge in [-0.2, -0.15) is 4.90 Å². The summed E-state index contributed by atoms with van der Waals surface area (Å²) in [6.45, 7) is 3.69. The van der Waals surface area contributed by atoms with Crippen molar-refractivity contribution >= 4 is 11.5 Å². The molecule has 0 spiro atoms. The van der Waals surface area contributed by atoms with Crippen molar-refractivity contribution in [1.29, 1.82) is 0 Å². The molecule has 0 radical (unpaired) electrons. The van der Waals surface area contributed by atoms with E-state index < -0.39 is 5.72 Å². The Morgan fingerprint density at radius 1 is 1.04 bits per heavy atom. The van der Waals surface area contributed by atoms with Crippen molar-refractivity contribution in [3.05, 3.63) is 59.7 Å². The number of methoxy groups -OCH3 is 1. The van der Waals surface area contributed by atoms with Crippen LogP contribution in [0.15, 0.2) is 48.5 Å². The standard InChI is InChI=1S/C21H25N2O2/c1-16-6-8-17(9-7-16)21(24)15-22-14-4-3-5-20(22)23(21)18-10-12-19(25-2)13-11-18/h6-13,24H,3-5,14-15H2,1-2H3/q+1. The zero-order chi connectivity index (χ0) is 17.4. The summed E-state index contributed by atoms with van der Waals surface area (Å²) in [5.41, 5.74) is 2.10. The molecule has 0 saturated carbocycles. The number of rotatable bonds is 3. The number of hydrogen-bond donors (Lipinski definition) is 1. The van der Waals surface area contributed by atoms with Crippen LogP contribution in [0.1, 0.15) is 30.4 Å². The fourth-order valence-electron chi connectivity index (χ4n) is 3.98. The summed E-state index contributed by atoms with van der Waals surface area (Å²) < 4.78 is 7.63. The molecule has 2 aromatic carbocycles. The van der Waals surface area contributed by atoms with Gasteiger partial charge in [-0.1, -0.05) is 29.8 Å². The molecule has 2 aliphatic rings. The summed E-state index contributed by atoms with van der Waals surface area (Å²) in [4.78, 5) is 2.12. The van der Waals surface area contributed by atoms with Crippen molar-refractivity contribution in [2.75, 3.05) is 25.1 Å². The normalized spacial score (nSPS) is 22.9. The monoisotopic (exact) mass is 337 g/mol. The second kappa shape index (κ2) is 6.19. The highest BCUT2D eigenvalue weighted by Crippen LogP contribution is 2.38. The van der Waals surface area contributed by atoms with Crippen molar-refractivity contribution in [2.24, 2.45) is 0 Å². The van der Waals surface area contributed by atoms with E-state index in [0.29, 0.717) is 6.54 Å². The molecule has 2 heterocycles. The van der Waals surface area contributed by atoms with Crippen molar-refractivity contribution in [3.8, 4) is 5.75 Å². The number of nitrogens with zero attached hydrogens (tertiary/aromatic N) is 2. The van der Waals surface area contributed by atoms with Gasteiger partial charge in [-0.3, -0.25) is 4.58 Å². The molecule has 0 aromatic heterocycles. The van der Waals surface area contributed by atoms with E-state index in [1.165, 1.54) is 24.2 Å². The fourth-order valence-corrected chi connectivity index (χ4v) is 3.98. The van der Waals surface area contributed by atoms with Gasteiger partial charge in [0.15, 0.2) is 6.54 Å². The predicted molar refractivity (Wildman–Crippen MR) is 99.4 cm³/mol. The molecule has 0 aliphatic carbocycles. The maximum absolute atomic E-state index is 11.8. The minimum absolute atomic E-state index is 0.609. The molecule has 130 valence electrons. The van der Waals surface area contributed by atoms with Crippen LogP contribution >= 0.6 is 0 Å². The summed E-state index contributed by atoms with van der Waals surface area (Å²) in [7, 11) is 1.67. The van der Waals surface area contributed by atoms with Crippen LogP contribution in [0.5, 0.6) is 5.75 Å². The molecule has 4 heteroatoms. The lowest BCUT2D eigenvalue weighted by atomic mass is 9.99. The molecule has 4 nitrogen and oxygen atoms in total. The molecule has 0 bridgehead atoms. The van der Waals surface area contributed by atoms with Gasteiger partial charge in [-0.25, -0.2) is 0 Å². The smallest absolute Gasteiger partial charge is 0.275 e. The van der Waals surface area contributed by atoms with Gasteiger partial charge in [0.2, 0.25) is 0 Å². The first-order valence-electron chi connectivity index (χ1n) is 8.96. The van der Waals surface area contributed by atoms with Crippen LogP contribution in [0.4, 0.5) is 5.69 Å². The Hall–Kier alpha value is -2.33. The Kier molecular flexibility index (Phi) is 4.00. The van der Waals surface area contributed by atoms with Gasteiger partial charge in [0.05, 0.1) is 13.7 Å². The molecule has 1 unspecified atom stereocenters. The van der Waals surface area contributed by atoms with E-state index in [1.54, 1.807) is 7.11 Å².